The topological polar surface area (TPSA) is 62.2 Å². The van der Waals surface area contributed by atoms with E-state index in [1.807, 2.05) is 0 Å². The zero-order valence-corrected chi connectivity index (χ0v) is 15.8. The minimum Gasteiger partial charge on any atom is -0.352 e. The van der Waals surface area contributed by atoms with Gasteiger partial charge in [-0.25, -0.2) is 4.98 Å². The molecule has 3 heterocycles. The molecule has 1 saturated heterocycles. The third-order valence-electron chi connectivity index (χ3n) is 4.70. The highest BCUT2D eigenvalue weighted by Crippen LogP contribution is 2.32. The van der Waals surface area contributed by atoms with Crippen LogP contribution in [0.5, 0.6) is 0 Å². The van der Waals surface area contributed by atoms with Crippen LogP contribution in [0, 0.1) is 0 Å². The molecule has 1 aromatic carbocycles. The lowest BCUT2D eigenvalue weighted by atomic mass is 10.1. The van der Waals surface area contributed by atoms with Crippen molar-refractivity contribution in [1.82, 2.24) is 19.9 Å². The van der Waals surface area contributed by atoms with Crippen molar-refractivity contribution in [3.05, 3.63) is 59.0 Å². The van der Waals surface area contributed by atoms with E-state index >= 15 is 0 Å². The number of rotatable bonds is 2. The van der Waals surface area contributed by atoms with Gasteiger partial charge in [-0.2, -0.15) is 13.2 Å². The summed E-state index contributed by atoms with van der Waals surface area (Å²) in [5.74, 6) is -0.0881. The number of carbonyl (C=O) groups is 1. The summed E-state index contributed by atoms with van der Waals surface area (Å²) in [5, 5.41) is 0.144. The summed E-state index contributed by atoms with van der Waals surface area (Å²) < 4.78 is 38.8. The Morgan fingerprint density at radius 1 is 0.966 bits per heavy atom. The first-order chi connectivity index (χ1) is 13.8. The minimum atomic E-state index is -4.55. The predicted octanol–water partition coefficient (Wildman–Crippen LogP) is 3.66. The molecule has 150 valence electrons. The third-order valence-corrected chi connectivity index (χ3v) is 5.00. The standard InChI is InChI=1S/C19H15ClF3N5O/c20-13-2-4-16(19(21,22)23)26-17(13)27-7-9-28(10-8-27)18(29)12-1-3-14-15(11-12)25-6-5-24-14/h1-6,11H,7-10H2. The summed E-state index contributed by atoms with van der Waals surface area (Å²) in [6.07, 6.45) is -1.41. The van der Waals surface area contributed by atoms with Gasteiger partial charge in [-0.15, -0.1) is 0 Å². The van der Waals surface area contributed by atoms with Crippen LogP contribution in [0.2, 0.25) is 5.02 Å². The summed E-state index contributed by atoms with van der Waals surface area (Å²) in [6, 6.07) is 7.16. The Kier molecular flexibility index (Phi) is 4.99. The Labute approximate surface area is 168 Å². The Hall–Kier alpha value is -2.94. The molecule has 1 aliphatic rings. The maximum absolute atomic E-state index is 12.9. The van der Waals surface area contributed by atoms with Gasteiger partial charge >= 0.3 is 6.18 Å². The molecule has 6 nitrogen and oxygen atoms in total. The van der Waals surface area contributed by atoms with Crippen LogP contribution >= 0.6 is 11.6 Å². The van der Waals surface area contributed by atoms with E-state index in [1.54, 1.807) is 40.4 Å². The highest BCUT2D eigenvalue weighted by molar-refractivity contribution is 6.32. The molecule has 4 rings (SSSR count). The number of fused-ring (bicyclic) bond motifs is 1. The van der Waals surface area contributed by atoms with Crippen molar-refractivity contribution in [3.63, 3.8) is 0 Å². The maximum atomic E-state index is 12.9. The molecular weight excluding hydrogens is 407 g/mol. The van der Waals surface area contributed by atoms with Crippen LogP contribution in [0.1, 0.15) is 16.1 Å². The van der Waals surface area contributed by atoms with E-state index < -0.39 is 11.9 Å². The summed E-state index contributed by atoms with van der Waals surface area (Å²) in [4.78, 5) is 28.2. The zero-order chi connectivity index (χ0) is 20.6. The van der Waals surface area contributed by atoms with Crippen molar-refractivity contribution < 1.29 is 18.0 Å². The molecule has 0 bridgehead atoms. The fraction of sp³-hybridized carbons (Fsp3) is 0.263. The normalized spacial score (nSPS) is 15.0. The first-order valence-electron chi connectivity index (χ1n) is 8.82. The van der Waals surface area contributed by atoms with Gasteiger partial charge in [0.05, 0.1) is 16.1 Å². The monoisotopic (exact) mass is 421 g/mol. The van der Waals surface area contributed by atoms with Gasteiger partial charge in [0, 0.05) is 44.1 Å². The Balaban J connectivity index is 1.48. The van der Waals surface area contributed by atoms with Crippen molar-refractivity contribution >= 4 is 34.4 Å². The molecule has 1 aliphatic heterocycles. The van der Waals surface area contributed by atoms with E-state index in [0.717, 1.165) is 6.07 Å². The van der Waals surface area contributed by atoms with Gasteiger partial charge in [0.15, 0.2) is 0 Å². The molecule has 0 saturated carbocycles. The summed E-state index contributed by atoms with van der Waals surface area (Å²) in [7, 11) is 0. The average molecular weight is 422 g/mol. The van der Waals surface area contributed by atoms with Gasteiger partial charge in [0.25, 0.3) is 5.91 Å². The van der Waals surface area contributed by atoms with Crippen LogP contribution in [0.4, 0.5) is 19.0 Å². The number of pyridine rings is 1. The van der Waals surface area contributed by atoms with Crippen LogP contribution in [-0.4, -0.2) is 51.9 Å². The average Bonchev–Trinajstić information content (AvgIpc) is 2.72. The second-order valence-electron chi connectivity index (χ2n) is 6.54. The number of benzene rings is 1. The number of alkyl halides is 3. The number of amides is 1. The largest absolute Gasteiger partial charge is 0.433 e. The quantitative estimate of drug-likeness (QED) is 0.632. The fourth-order valence-corrected chi connectivity index (χ4v) is 3.44. The van der Waals surface area contributed by atoms with Crippen LogP contribution in [0.3, 0.4) is 0 Å². The van der Waals surface area contributed by atoms with Gasteiger partial charge in [-0.1, -0.05) is 11.6 Å². The minimum absolute atomic E-state index is 0.0783. The van der Waals surface area contributed by atoms with E-state index in [9.17, 15) is 18.0 Å². The molecule has 3 aromatic rings. The van der Waals surface area contributed by atoms with Crippen molar-refractivity contribution in [2.45, 2.75) is 6.18 Å². The van der Waals surface area contributed by atoms with Crippen LogP contribution < -0.4 is 4.90 Å². The highest BCUT2D eigenvalue weighted by Gasteiger charge is 2.34. The molecule has 1 amide bonds. The number of carbonyl (C=O) groups excluding carboxylic acids is 1. The lowest BCUT2D eigenvalue weighted by Gasteiger charge is -2.36. The number of anilines is 1. The molecule has 1 fully saturated rings. The van der Waals surface area contributed by atoms with Gasteiger partial charge in [0.2, 0.25) is 0 Å². The molecular formula is C19H15ClF3N5O. The first-order valence-corrected chi connectivity index (χ1v) is 9.19. The van der Waals surface area contributed by atoms with E-state index in [2.05, 4.69) is 15.0 Å². The molecule has 0 aliphatic carbocycles. The highest BCUT2D eigenvalue weighted by atomic mass is 35.5. The molecule has 2 aromatic heterocycles. The summed E-state index contributed by atoms with van der Waals surface area (Å²) >= 11 is 6.07. The molecule has 0 atom stereocenters. The molecule has 10 heteroatoms. The summed E-state index contributed by atoms with van der Waals surface area (Å²) in [6.45, 7) is 1.33. The number of nitrogens with zero attached hydrogens (tertiary/aromatic N) is 5. The molecule has 0 radical (unpaired) electrons. The Bertz CT molecular complexity index is 1070. The van der Waals surface area contributed by atoms with Gasteiger partial charge in [0.1, 0.15) is 11.5 Å². The number of aromatic nitrogens is 3. The van der Waals surface area contributed by atoms with Gasteiger partial charge in [-0.05, 0) is 30.3 Å². The maximum Gasteiger partial charge on any atom is 0.433 e. The van der Waals surface area contributed by atoms with Crippen LogP contribution in [0.25, 0.3) is 11.0 Å². The predicted molar refractivity (Wildman–Crippen MR) is 102 cm³/mol. The van der Waals surface area contributed by atoms with E-state index in [4.69, 9.17) is 11.6 Å². The van der Waals surface area contributed by atoms with E-state index in [-0.39, 0.29) is 16.7 Å². The Morgan fingerprint density at radius 2 is 1.66 bits per heavy atom. The molecule has 29 heavy (non-hydrogen) atoms. The fourth-order valence-electron chi connectivity index (χ4n) is 3.21. The molecule has 0 spiro atoms. The van der Waals surface area contributed by atoms with E-state index in [0.29, 0.717) is 42.8 Å². The van der Waals surface area contributed by atoms with Crippen molar-refractivity contribution in [3.8, 4) is 0 Å². The van der Waals surface area contributed by atoms with Crippen LogP contribution in [-0.2, 0) is 6.18 Å². The SMILES string of the molecule is O=C(c1ccc2nccnc2c1)N1CCN(c2nc(C(F)(F)F)ccc2Cl)CC1. The number of hydrogen-bond donors (Lipinski definition) is 0. The third kappa shape index (κ3) is 3.95. The van der Waals surface area contributed by atoms with Crippen molar-refractivity contribution in [1.29, 1.82) is 0 Å². The molecule has 0 unspecified atom stereocenters. The lowest BCUT2D eigenvalue weighted by molar-refractivity contribution is -0.141. The number of halogens is 4. The van der Waals surface area contributed by atoms with Crippen molar-refractivity contribution in [2.24, 2.45) is 0 Å². The second kappa shape index (κ2) is 7.47. The van der Waals surface area contributed by atoms with Crippen molar-refractivity contribution in [2.75, 3.05) is 31.1 Å². The summed E-state index contributed by atoms with van der Waals surface area (Å²) in [5.41, 5.74) is 0.811. The smallest absolute Gasteiger partial charge is 0.352 e. The van der Waals surface area contributed by atoms with Crippen LogP contribution in [0.15, 0.2) is 42.7 Å². The second-order valence-corrected chi connectivity index (χ2v) is 6.95. The molecule has 0 N–H and O–H groups in total. The van der Waals surface area contributed by atoms with E-state index in [1.165, 1.54) is 6.07 Å². The first kappa shape index (κ1) is 19.4. The lowest BCUT2D eigenvalue weighted by Crippen LogP contribution is -2.49. The Morgan fingerprint density at radius 3 is 2.34 bits per heavy atom. The van der Waals surface area contributed by atoms with Gasteiger partial charge in [-0.3, -0.25) is 14.8 Å². The number of hydrogen-bond acceptors (Lipinski definition) is 5. The van der Waals surface area contributed by atoms with Gasteiger partial charge < -0.3 is 9.80 Å². The number of piperazine rings is 1. The zero-order valence-electron chi connectivity index (χ0n) is 15.0.